The van der Waals surface area contributed by atoms with Crippen LogP contribution < -0.4 is 14.2 Å². The van der Waals surface area contributed by atoms with Crippen LogP contribution in [0.15, 0.2) is 66.7 Å². The standard InChI is InChI=1S/C36H36O13/c1-5-35(4,32(44)19-13-23(37)29(41)24(38)14-19)48-27-17-20(15-25(39)30(27)42)33(45)36(6-2,7-3)49-28-18-21(16-26(40)31(28)43)34(46)47-22-11-9-8-10-12-22/h8-18,37-43H,5-7H2,1-4H3. The van der Waals surface area contributed by atoms with Gasteiger partial charge in [0.2, 0.25) is 23.1 Å². The number of ether oxygens (including phenoxy) is 3. The number of aromatic hydroxyl groups is 7. The van der Waals surface area contributed by atoms with Gasteiger partial charge in [0.1, 0.15) is 5.75 Å². The molecule has 0 saturated heterocycles. The summed E-state index contributed by atoms with van der Waals surface area (Å²) in [6.45, 7) is 6.14. The van der Waals surface area contributed by atoms with Crippen LogP contribution in [0.2, 0.25) is 0 Å². The smallest absolute Gasteiger partial charge is 0.343 e. The maximum absolute atomic E-state index is 14.1. The summed E-state index contributed by atoms with van der Waals surface area (Å²) < 4.78 is 17.3. The quantitative estimate of drug-likeness (QED) is 0.0369. The molecule has 0 aliphatic rings. The molecule has 0 radical (unpaired) electrons. The van der Waals surface area contributed by atoms with Crippen molar-refractivity contribution in [3.63, 3.8) is 0 Å². The van der Waals surface area contributed by atoms with Crippen molar-refractivity contribution in [3.05, 3.63) is 83.4 Å². The minimum Gasteiger partial charge on any atom is -0.504 e. The minimum absolute atomic E-state index is 0.0158. The highest BCUT2D eigenvalue weighted by Gasteiger charge is 2.41. The monoisotopic (exact) mass is 676 g/mol. The van der Waals surface area contributed by atoms with E-state index in [9.17, 15) is 50.1 Å². The van der Waals surface area contributed by atoms with Crippen LogP contribution in [0, 0.1) is 0 Å². The second-order valence-corrected chi connectivity index (χ2v) is 11.4. The molecule has 0 amide bonds. The second kappa shape index (κ2) is 13.9. The molecule has 49 heavy (non-hydrogen) atoms. The Balaban J connectivity index is 1.70. The Bertz CT molecular complexity index is 1870. The van der Waals surface area contributed by atoms with E-state index in [1.807, 2.05) is 0 Å². The molecule has 0 bridgehead atoms. The normalized spacial score (nSPS) is 12.5. The molecule has 4 aromatic rings. The number of rotatable bonds is 13. The lowest BCUT2D eigenvalue weighted by Crippen LogP contribution is -2.44. The average Bonchev–Trinajstić information content (AvgIpc) is 3.09. The van der Waals surface area contributed by atoms with Gasteiger partial charge in [0.25, 0.3) is 0 Å². The third kappa shape index (κ3) is 7.10. The third-order valence-electron chi connectivity index (χ3n) is 8.24. The largest absolute Gasteiger partial charge is 0.504 e. The zero-order chi connectivity index (χ0) is 36.3. The third-order valence-corrected chi connectivity index (χ3v) is 8.24. The Morgan fingerprint density at radius 3 is 1.53 bits per heavy atom. The zero-order valence-corrected chi connectivity index (χ0v) is 27.1. The SMILES string of the molecule is CCC(C)(Oc1cc(C(=O)C(CC)(CC)Oc2cc(C(=O)Oc3ccccc3)cc(O)c2O)cc(O)c1O)C(=O)c1cc(O)c(O)c(O)c1. The van der Waals surface area contributed by atoms with Crippen molar-refractivity contribution in [2.24, 2.45) is 0 Å². The number of ketones is 2. The van der Waals surface area contributed by atoms with Crippen molar-refractivity contribution >= 4 is 17.5 Å². The molecular formula is C36H36O13. The number of phenols is 7. The lowest BCUT2D eigenvalue weighted by Gasteiger charge is -2.32. The fourth-order valence-corrected chi connectivity index (χ4v) is 5.04. The number of benzene rings is 4. The van der Waals surface area contributed by atoms with E-state index in [1.54, 1.807) is 51.1 Å². The number of hydrogen-bond donors (Lipinski definition) is 7. The van der Waals surface area contributed by atoms with Gasteiger partial charge in [-0.15, -0.1) is 0 Å². The molecule has 0 aliphatic heterocycles. The van der Waals surface area contributed by atoms with E-state index in [0.29, 0.717) is 0 Å². The summed E-state index contributed by atoms with van der Waals surface area (Å²) in [5.41, 5.74) is -4.22. The highest BCUT2D eigenvalue weighted by atomic mass is 16.5. The van der Waals surface area contributed by atoms with Gasteiger partial charge in [-0.2, -0.15) is 0 Å². The van der Waals surface area contributed by atoms with Crippen LogP contribution in [-0.2, 0) is 0 Å². The fourth-order valence-electron chi connectivity index (χ4n) is 5.04. The van der Waals surface area contributed by atoms with Gasteiger partial charge in [0.05, 0.1) is 5.56 Å². The van der Waals surface area contributed by atoms with Gasteiger partial charge in [-0.25, -0.2) is 4.79 Å². The molecule has 0 aromatic heterocycles. The maximum atomic E-state index is 14.1. The molecule has 4 aromatic carbocycles. The topological polar surface area (TPSA) is 221 Å². The number of carbonyl (C=O) groups is 3. The van der Waals surface area contributed by atoms with Crippen molar-refractivity contribution in [2.45, 2.75) is 58.2 Å². The Morgan fingerprint density at radius 1 is 0.571 bits per heavy atom. The van der Waals surface area contributed by atoms with Gasteiger partial charge >= 0.3 is 5.97 Å². The fraction of sp³-hybridized carbons (Fsp3) is 0.250. The number of Topliss-reactive ketones (excluding diaryl/α,β-unsaturated/α-hetero) is 2. The van der Waals surface area contributed by atoms with Gasteiger partial charge in [-0.3, -0.25) is 9.59 Å². The van der Waals surface area contributed by atoms with Crippen molar-refractivity contribution < 1.29 is 64.3 Å². The predicted molar refractivity (Wildman–Crippen MR) is 174 cm³/mol. The summed E-state index contributed by atoms with van der Waals surface area (Å²) in [7, 11) is 0. The van der Waals surface area contributed by atoms with Crippen LogP contribution in [0.5, 0.6) is 57.5 Å². The van der Waals surface area contributed by atoms with Crippen LogP contribution >= 0.6 is 0 Å². The lowest BCUT2D eigenvalue weighted by molar-refractivity contribution is 0.0394. The van der Waals surface area contributed by atoms with Crippen LogP contribution in [0.4, 0.5) is 0 Å². The average molecular weight is 677 g/mol. The van der Waals surface area contributed by atoms with E-state index in [2.05, 4.69) is 0 Å². The Kier molecular flexibility index (Phi) is 10.2. The van der Waals surface area contributed by atoms with E-state index < -0.39 is 80.5 Å². The number of para-hydroxylation sites is 1. The molecule has 1 unspecified atom stereocenters. The minimum atomic E-state index is -1.79. The molecule has 1 atom stereocenters. The number of carbonyl (C=O) groups excluding carboxylic acids is 3. The first-order valence-corrected chi connectivity index (χ1v) is 15.2. The van der Waals surface area contributed by atoms with Crippen LogP contribution in [0.3, 0.4) is 0 Å². The van der Waals surface area contributed by atoms with Crippen molar-refractivity contribution in [1.29, 1.82) is 0 Å². The van der Waals surface area contributed by atoms with E-state index in [4.69, 9.17) is 14.2 Å². The summed E-state index contributed by atoms with van der Waals surface area (Å²) >= 11 is 0. The van der Waals surface area contributed by atoms with Crippen molar-refractivity contribution in [2.75, 3.05) is 0 Å². The zero-order valence-electron chi connectivity index (χ0n) is 27.1. The molecule has 0 saturated carbocycles. The summed E-state index contributed by atoms with van der Waals surface area (Å²) in [4.78, 5) is 40.5. The van der Waals surface area contributed by atoms with E-state index >= 15 is 0 Å². The van der Waals surface area contributed by atoms with Crippen molar-refractivity contribution in [1.82, 2.24) is 0 Å². The molecule has 0 spiro atoms. The first-order chi connectivity index (χ1) is 23.1. The van der Waals surface area contributed by atoms with E-state index in [-0.39, 0.29) is 41.7 Å². The van der Waals surface area contributed by atoms with Gasteiger partial charge < -0.3 is 50.0 Å². The number of esters is 1. The molecule has 7 N–H and O–H groups in total. The van der Waals surface area contributed by atoms with E-state index in [0.717, 1.165) is 36.4 Å². The predicted octanol–water partition coefficient (Wildman–Crippen LogP) is 6.10. The summed E-state index contributed by atoms with van der Waals surface area (Å²) in [6.07, 6.45) is -0.0640. The highest BCUT2D eigenvalue weighted by Crippen LogP contribution is 2.44. The van der Waals surface area contributed by atoms with Gasteiger partial charge in [0, 0.05) is 11.1 Å². The Morgan fingerprint density at radius 2 is 1.02 bits per heavy atom. The molecule has 13 heteroatoms. The summed E-state index contributed by atoms with van der Waals surface area (Å²) in [5.74, 6) is -8.49. The lowest BCUT2D eigenvalue weighted by atomic mass is 9.87. The first-order valence-electron chi connectivity index (χ1n) is 15.2. The number of phenolic OH excluding ortho intramolecular Hbond substituents is 7. The van der Waals surface area contributed by atoms with Gasteiger partial charge in [-0.05, 0) is 74.7 Å². The molecule has 0 aliphatic carbocycles. The van der Waals surface area contributed by atoms with Crippen LogP contribution in [0.25, 0.3) is 0 Å². The summed E-state index contributed by atoms with van der Waals surface area (Å²) in [6, 6.07) is 14.1. The maximum Gasteiger partial charge on any atom is 0.343 e. The molecule has 258 valence electrons. The number of hydrogen-bond acceptors (Lipinski definition) is 13. The Labute approximate surface area is 280 Å². The van der Waals surface area contributed by atoms with Gasteiger partial charge in [-0.1, -0.05) is 39.0 Å². The molecular weight excluding hydrogens is 640 g/mol. The highest BCUT2D eigenvalue weighted by molar-refractivity contribution is 6.05. The molecule has 0 heterocycles. The van der Waals surface area contributed by atoms with E-state index in [1.165, 1.54) is 6.92 Å². The summed E-state index contributed by atoms with van der Waals surface area (Å²) in [5, 5.41) is 72.0. The first kappa shape index (κ1) is 35.7. The van der Waals surface area contributed by atoms with Crippen LogP contribution in [-0.4, -0.2) is 64.5 Å². The van der Waals surface area contributed by atoms with Crippen molar-refractivity contribution in [3.8, 4) is 57.5 Å². The molecule has 4 rings (SSSR count). The van der Waals surface area contributed by atoms with Gasteiger partial charge in [0.15, 0.2) is 51.4 Å². The second-order valence-electron chi connectivity index (χ2n) is 11.4. The molecule has 0 fully saturated rings. The molecule has 13 nitrogen and oxygen atoms in total. The van der Waals surface area contributed by atoms with Crippen LogP contribution in [0.1, 0.15) is 78.0 Å². The Hall–Kier alpha value is -6.11.